The van der Waals surface area contributed by atoms with Gasteiger partial charge in [-0.3, -0.25) is 24.1 Å². The molecule has 3 N–H and O–H groups in total. The van der Waals surface area contributed by atoms with Crippen LogP contribution in [0.2, 0.25) is 0 Å². The summed E-state index contributed by atoms with van der Waals surface area (Å²) in [7, 11) is 0. The minimum atomic E-state index is -0.880. The number of halogens is 1. The minimum Gasteiger partial charge on any atom is -0.492 e. The van der Waals surface area contributed by atoms with E-state index in [2.05, 4.69) is 81.2 Å². The van der Waals surface area contributed by atoms with E-state index in [1.807, 2.05) is 86.6 Å². The van der Waals surface area contributed by atoms with Crippen LogP contribution in [-0.2, 0) is 25.7 Å². The quantitative estimate of drug-likeness (QED) is 0.0354. The van der Waals surface area contributed by atoms with Crippen LogP contribution in [-0.4, -0.2) is 118 Å². The van der Waals surface area contributed by atoms with Crippen molar-refractivity contribution in [2.75, 3.05) is 51.8 Å². The highest BCUT2D eigenvalue weighted by Crippen LogP contribution is 2.36. The van der Waals surface area contributed by atoms with E-state index in [0.29, 0.717) is 38.4 Å². The van der Waals surface area contributed by atoms with Gasteiger partial charge in [-0.05, 0) is 82.7 Å². The van der Waals surface area contributed by atoms with Crippen molar-refractivity contribution in [3.8, 4) is 16.2 Å². The standard InChI is InChI=1S/C58H71ClN6O6S/c1-41-54(72-40-61-41)46-23-21-42(22-24-46)38-60-56(69)50-37-47(66)39-65(50)57(70)55(58(2,3)4)62-51(67)19-13-5-6-14-20-52(68)64-33-31-63(32-34-64)35-36-71-48-27-25-45(26-28-48)53(44-17-11-8-12-18-44)49(29-30-59)43-15-9-7-10-16-43/h7-12,15-18,21-28,40,47,50,55,66H,5-6,13-14,19-20,29-39H2,1-4H3,(H,60,69)(H,62,67)/b53-49-/t47-,50+,55-/m1/s1. The first-order valence-corrected chi connectivity index (χ1v) is 26.9. The highest BCUT2D eigenvalue weighted by molar-refractivity contribution is 7.13. The highest BCUT2D eigenvalue weighted by atomic mass is 35.5. The number of thiazole rings is 1. The van der Waals surface area contributed by atoms with Gasteiger partial charge in [0.1, 0.15) is 24.4 Å². The van der Waals surface area contributed by atoms with Gasteiger partial charge >= 0.3 is 0 Å². The topological polar surface area (TPSA) is 144 Å². The fourth-order valence-electron chi connectivity index (χ4n) is 9.59. The third-order valence-corrected chi connectivity index (χ3v) is 14.8. The lowest BCUT2D eigenvalue weighted by atomic mass is 9.85. The molecule has 14 heteroatoms. The molecule has 0 unspecified atom stereocenters. The number of ether oxygens (including phenoxy) is 1. The number of allylic oxidation sites excluding steroid dienone is 1. The number of aromatic nitrogens is 1. The van der Waals surface area contributed by atoms with Crippen LogP contribution in [0.1, 0.15) is 100 Å². The zero-order chi connectivity index (χ0) is 51.0. The number of β-amino-alcohol motifs (C(OH)–C–C–N with tert-alkyl or cyclic N) is 1. The summed E-state index contributed by atoms with van der Waals surface area (Å²) >= 11 is 7.93. The van der Waals surface area contributed by atoms with Gasteiger partial charge in [-0.2, -0.15) is 0 Å². The van der Waals surface area contributed by atoms with Crippen molar-refractivity contribution in [2.45, 2.75) is 104 Å². The first kappa shape index (κ1) is 53.9. The molecule has 12 nitrogen and oxygen atoms in total. The molecule has 3 heterocycles. The zero-order valence-electron chi connectivity index (χ0n) is 42.3. The van der Waals surface area contributed by atoms with Gasteiger partial charge in [0, 0.05) is 71.0 Å². The van der Waals surface area contributed by atoms with Crippen LogP contribution < -0.4 is 15.4 Å². The van der Waals surface area contributed by atoms with Crippen LogP contribution in [0, 0.1) is 12.3 Å². The number of carbonyl (C=O) groups is 4. The van der Waals surface area contributed by atoms with E-state index in [1.54, 1.807) is 11.3 Å². The third-order valence-electron chi connectivity index (χ3n) is 13.6. The lowest BCUT2D eigenvalue weighted by Crippen LogP contribution is -2.57. The Kier molecular flexibility index (Phi) is 19.6. The maximum absolute atomic E-state index is 14.1. The zero-order valence-corrected chi connectivity index (χ0v) is 43.9. The van der Waals surface area contributed by atoms with Crippen LogP contribution in [0.4, 0.5) is 0 Å². The molecule has 0 aliphatic carbocycles. The predicted molar refractivity (Wildman–Crippen MR) is 288 cm³/mol. The molecule has 72 heavy (non-hydrogen) atoms. The first-order chi connectivity index (χ1) is 34.8. The second-order valence-corrected chi connectivity index (χ2v) is 21.2. The smallest absolute Gasteiger partial charge is 0.246 e. The van der Waals surface area contributed by atoms with E-state index in [0.717, 1.165) is 89.5 Å². The number of carbonyl (C=O) groups excluding carboxylic acids is 4. The van der Waals surface area contributed by atoms with Crippen LogP contribution in [0.3, 0.4) is 0 Å². The fraction of sp³-hybridized carbons (Fsp3) is 0.431. The first-order valence-electron chi connectivity index (χ1n) is 25.5. The Morgan fingerprint density at radius 3 is 2.07 bits per heavy atom. The van der Waals surface area contributed by atoms with Crippen molar-refractivity contribution >= 4 is 57.7 Å². The van der Waals surface area contributed by atoms with Crippen LogP contribution in [0.25, 0.3) is 21.6 Å². The molecule has 4 amide bonds. The summed E-state index contributed by atoms with van der Waals surface area (Å²) in [6.07, 6.45) is 3.73. The average molecular weight is 1020 g/mol. The number of alkyl halides is 1. The normalized spacial score (nSPS) is 17.0. The van der Waals surface area contributed by atoms with Crippen molar-refractivity contribution in [3.05, 3.63) is 143 Å². The molecule has 2 aliphatic rings. The van der Waals surface area contributed by atoms with Gasteiger partial charge in [-0.25, -0.2) is 4.98 Å². The SMILES string of the molecule is Cc1ncsc1-c1ccc(CNC(=O)[C@@H]2C[C@@H](O)CN2C(=O)[C@@H](NC(=O)CCCCCCC(=O)N2CCN(CCOc3ccc(/C(=C(/CCCl)c4ccccc4)c4ccccc4)cc3)CC2)C(C)(C)C)cc1. The molecule has 0 radical (unpaired) electrons. The van der Waals surface area contributed by atoms with Crippen molar-refractivity contribution < 1.29 is 29.0 Å². The number of aliphatic hydroxyl groups is 1. The van der Waals surface area contributed by atoms with Crippen molar-refractivity contribution in [3.63, 3.8) is 0 Å². The Bertz CT molecular complexity index is 2580. The molecule has 3 atom stereocenters. The Morgan fingerprint density at radius 2 is 1.44 bits per heavy atom. The molecular formula is C58H71ClN6O6S. The van der Waals surface area contributed by atoms with Gasteiger partial charge < -0.3 is 30.3 Å². The maximum Gasteiger partial charge on any atom is 0.246 e. The van der Waals surface area contributed by atoms with Crippen LogP contribution >= 0.6 is 22.9 Å². The van der Waals surface area contributed by atoms with Gasteiger partial charge in [0.25, 0.3) is 0 Å². The molecule has 0 bridgehead atoms. The number of hydrogen-bond acceptors (Lipinski definition) is 9. The predicted octanol–water partition coefficient (Wildman–Crippen LogP) is 9.38. The van der Waals surface area contributed by atoms with Crippen LogP contribution in [0.5, 0.6) is 5.75 Å². The molecular weight excluding hydrogens is 944 g/mol. The third kappa shape index (κ3) is 14.9. The molecule has 1 aromatic heterocycles. The molecule has 0 spiro atoms. The van der Waals surface area contributed by atoms with E-state index < -0.39 is 23.6 Å². The minimum absolute atomic E-state index is 0.0184. The number of amides is 4. The van der Waals surface area contributed by atoms with Gasteiger partial charge in [0.15, 0.2) is 0 Å². The van der Waals surface area contributed by atoms with E-state index in [-0.39, 0.29) is 49.6 Å². The Labute approximate surface area is 434 Å². The molecule has 382 valence electrons. The summed E-state index contributed by atoms with van der Waals surface area (Å²) in [6, 6.07) is 35.4. The second-order valence-electron chi connectivity index (χ2n) is 20.0. The van der Waals surface area contributed by atoms with Gasteiger partial charge in [0.2, 0.25) is 23.6 Å². The number of benzene rings is 4. The number of likely N-dealkylation sites (tertiary alicyclic amines) is 1. The number of hydrogen-bond donors (Lipinski definition) is 3. The van der Waals surface area contributed by atoms with E-state index in [1.165, 1.54) is 16.0 Å². The maximum atomic E-state index is 14.1. The Morgan fingerprint density at radius 1 is 0.806 bits per heavy atom. The van der Waals surface area contributed by atoms with E-state index in [9.17, 15) is 24.3 Å². The van der Waals surface area contributed by atoms with Crippen molar-refractivity contribution in [2.24, 2.45) is 5.41 Å². The molecule has 2 fully saturated rings. The van der Waals surface area contributed by atoms with Gasteiger partial charge in [-0.1, -0.05) is 131 Å². The largest absolute Gasteiger partial charge is 0.492 e. The Hall–Kier alpha value is -5.86. The number of aliphatic hydroxyl groups excluding tert-OH is 1. The molecule has 0 saturated carbocycles. The molecule has 2 aliphatic heterocycles. The monoisotopic (exact) mass is 1010 g/mol. The molecule has 7 rings (SSSR count). The van der Waals surface area contributed by atoms with E-state index >= 15 is 0 Å². The summed E-state index contributed by atoms with van der Waals surface area (Å²) in [5, 5.41) is 16.5. The second kappa shape index (κ2) is 26.2. The lowest BCUT2D eigenvalue weighted by molar-refractivity contribution is -0.144. The number of nitrogens with one attached hydrogen (secondary N) is 2. The number of piperazine rings is 1. The highest BCUT2D eigenvalue weighted by Gasteiger charge is 2.44. The fourth-order valence-corrected chi connectivity index (χ4v) is 10.6. The number of unbranched alkanes of at least 4 members (excludes halogenated alkanes) is 3. The molecule has 4 aromatic carbocycles. The summed E-state index contributed by atoms with van der Waals surface area (Å²) < 4.78 is 6.20. The van der Waals surface area contributed by atoms with Gasteiger partial charge in [-0.15, -0.1) is 22.9 Å². The molecule has 5 aromatic rings. The van der Waals surface area contributed by atoms with Crippen molar-refractivity contribution in [1.29, 1.82) is 0 Å². The number of aryl methyl sites for hydroxylation is 1. The summed E-state index contributed by atoms with van der Waals surface area (Å²) in [5.74, 6) is 0.542. The molecule has 2 saturated heterocycles. The van der Waals surface area contributed by atoms with Crippen LogP contribution in [0.15, 0.2) is 115 Å². The number of rotatable bonds is 22. The average Bonchev–Trinajstić information content (AvgIpc) is 4.01. The number of nitrogens with zero attached hydrogens (tertiary/aromatic N) is 4. The van der Waals surface area contributed by atoms with Crippen molar-refractivity contribution in [1.82, 2.24) is 30.3 Å². The summed E-state index contributed by atoms with van der Waals surface area (Å²) in [4.78, 5) is 65.1. The van der Waals surface area contributed by atoms with E-state index in [4.69, 9.17) is 16.3 Å². The summed E-state index contributed by atoms with van der Waals surface area (Å²) in [6.45, 7) is 12.2. The van der Waals surface area contributed by atoms with Gasteiger partial charge in [0.05, 0.1) is 22.2 Å². The summed E-state index contributed by atoms with van der Waals surface area (Å²) in [5.41, 5.74) is 9.91. The Balaban J connectivity index is 0.786. The lowest BCUT2D eigenvalue weighted by Gasteiger charge is -2.35.